The fraction of sp³-hybridized carbons (Fsp3) is 0.222. The van der Waals surface area contributed by atoms with Gasteiger partial charge in [-0.2, -0.15) is 0 Å². The highest BCUT2D eigenvalue weighted by Gasteiger charge is 2.26. The Morgan fingerprint density at radius 2 is 1.65 bits per heavy atom. The summed E-state index contributed by atoms with van der Waals surface area (Å²) in [6.07, 6.45) is 0. The zero-order chi connectivity index (χ0) is 23.7. The van der Waals surface area contributed by atoms with E-state index in [9.17, 15) is 4.79 Å². The van der Waals surface area contributed by atoms with Crippen LogP contribution in [0.1, 0.15) is 11.1 Å². The number of hydrogen-bond donors (Lipinski definition) is 1. The highest BCUT2D eigenvalue weighted by Crippen LogP contribution is 2.34. The Kier molecular flexibility index (Phi) is 5.86. The topological polar surface area (TPSA) is 71.6 Å². The Labute approximate surface area is 197 Å². The van der Waals surface area contributed by atoms with Crippen LogP contribution in [-0.4, -0.2) is 28.1 Å². The van der Waals surface area contributed by atoms with E-state index < -0.39 is 5.63 Å². The zero-order valence-corrected chi connectivity index (χ0v) is 19.3. The maximum absolute atomic E-state index is 12.5. The first-order valence-corrected chi connectivity index (χ1v) is 11.0. The molecule has 3 aromatic carbocycles. The van der Waals surface area contributed by atoms with Gasteiger partial charge >= 0.3 is 5.63 Å². The molecule has 1 N–H and O–H groups in total. The van der Waals surface area contributed by atoms with Crippen LogP contribution >= 0.6 is 0 Å². The highest BCUT2D eigenvalue weighted by atomic mass is 16.5. The first-order chi connectivity index (χ1) is 16.6. The molecule has 34 heavy (non-hydrogen) atoms. The van der Waals surface area contributed by atoms with Crippen molar-refractivity contribution in [2.45, 2.75) is 13.1 Å². The van der Waals surface area contributed by atoms with E-state index in [-0.39, 0.29) is 0 Å². The molecule has 1 aliphatic heterocycles. The monoisotopic (exact) mass is 460 g/mol. The number of fused-ring (bicyclic) bond motifs is 3. The van der Waals surface area contributed by atoms with E-state index >= 15 is 0 Å². The average molecular weight is 461 g/mol. The van der Waals surface area contributed by atoms with Gasteiger partial charge in [0.1, 0.15) is 36.1 Å². The average Bonchev–Trinajstić information content (AvgIpc) is 2.88. The maximum Gasteiger partial charge on any atom is 0.336 e. The fourth-order valence-corrected chi connectivity index (χ4v) is 4.44. The molecule has 2 heterocycles. The molecule has 0 saturated carbocycles. The maximum atomic E-state index is 12.5. The molecule has 0 aliphatic carbocycles. The summed E-state index contributed by atoms with van der Waals surface area (Å²) in [4.78, 5) is 13.7. The van der Waals surface area contributed by atoms with Gasteiger partial charge in [-0.25, -0.2) is 4.79 Å². The standard InChI is InChI=1S/C27H25NO6/c1-30-19-7-4-17(5-8-19)22-13-26(29)34-27-21(22)10-11-24-23(27)15-28(16-33-24)14-18-6-9-20(31-2)12-25(18)32-3/h4-13H,14-16H2,1-3H3/p+1. The van der Waals surface area contributed by atoms with Crippen LogP contribution in [0.25, 0.3) is 22.1 Å². The summed E-state index contributed by atoms with van der Waals surface area (Å²) in [5.41, 5.74) is 3.85. The van der Waals surface area contributed by atoms with Crippen LogP contribution in [0.3, 0.4) is 0 Å². The molecular weight excluding hydrogens is 434 g/mol. The lowest BCUT2D eigenvalue weighted by Gasteiger charge is -2.27. The Bertz CT molecular complexity index is 1390. The summed E-state index contributed by atoms with van der Waals surface area (Å²) in [7, 11) is 4.91. The van der Waals surface area contributed by atoms with Gasteiger partial charge in [0.2, 0.25) is 6.73 Å². The molecule has 7 heteroatoms. The van der Waals surface area contributed by atoms with E-state index in [0.29, 0.717) is 25.4 Å². The van der Waals surface area contributed by atoms with E-state index in [1.165, 1.54) is 11.0 Å². The second kappa shape index (κ2) is 9.11. The Balaban J connectivity index is 1.52. The van der Waals surface area contributed by atoms with Crippen molar-refractivity contribution in [3.05, 3.63) is 82.2 Å². The third-order valence-corrected chi connectivity index (χ3v) is 6.17. The molecule has 0 spiro atoms. The lowest BCUT2D eigenvalue weighted by atomic mass is 9.99. The molecule has 7 nitrogen and oxygen atoms in total. The number of benzene rings is 3. The van der Waals surface area contributed by atoms with Crippen molar-refractivity contribution in [3.63, 3.8) is 0 Å². The minimum atomic E-state index is -0.393. The SMILES string of the molecule is COc1ccc(-c2cc(=O)oc3c4c(ccc23)OC[NH+](Cc2ccc(OC)cc2OC)C4)cc1. The fourth-order valence-electron chi connectivity index (χ4n) is 4.44. The van der Waals surface area contributed by atoms with E-state index in [1.54, 1.807) is 21.3 Å². The zero-order valence-electron chi connectivity index (χ0n) is 19.3. The Morgan fingerprint density at radius 3 is 2.38 bits per heavy atom. The number of methoxy groups -OCH3 is 3. The molecule has 1 unspecified atom stereocenters. The minimum absolute atomic E-state index is 0.393. The molecule has 0 fully saturated rings. The van der Waals surface area contributed by atoms with E-state index in [4.69, 9.17) is 23.4 Å². The van der Waals surface area contributed by atoms with E-state index in [1.807, 2.05) is 54.6 Å². The van der Waals surface area contributed by atoms with E-state index in [2.05, 4.69) is 0 Å². The quantitative estimate of drug-likeness (QED) is 0.445. The van der Waals surface area contributed by atoms with Gasteiger partial charge in [-0.3, -0.25) is 4.90 Å². The lowest BCUT2D eigenvalue weighted by Crippen LogP contribution is -3.10. The summed E-state index contributed by atoms with van der Waals surface area (Å²) in [5, 5.41) is 0.871. The summed E-state index contributed by atoms with van der Waals surface area (Å²) >= 11 is 0. The van der Waals surface area contributed by atoms with Gasteiger partial charge in [-0.05, 0) is 47.5 Å². The van der Waals surface area contributed by atoms with Crippen molar-refractivity contribution in [1.82, 2.24) is 0 Å². The second-order valence-corrected chi connectivity index (χ2v) is 8.20. The predicted octanol–water partition coefficient (Wildman–Crippen LogP) is 3.42. The van der Waals surface area contributed by atoms with Crippen LogP contribution < -0.4 is 29.5 Å². The summed E-state index contributed by atoms with van der Waals surface area (Å²) in [6, 6.07) is 18.9. The molecule has 0 saturated heterocycles. The largest absolute Gasteiger partial charge is 0.497 e. The van der Waals surface area contributed by atoms with Crippen LogP contribution in [0.5, 0.6) is 23.0 Å². The molecule has 1 aliphatic rings. The summed E-state index contributed by atoms with van der Waals surface area (Å²) in [6.45, 7) is 1.83. The van der Waals surface area contributed by atoms with Crippen molar-refractivity contribution < 1.29 is 28.3 Å². The van der Waals surface area contributed by atoms with Crippen LogP contribution in [-0.2, 0) is 13.1 Å². The summed E-state index contributed by atoms with van der Waals surface area (Å²) < 4.78 is 27.9. The predicted molar refractivity (Wildman–Crippen MR) is 128 cm³/mol. The van der Waals surface area contributed by atoms with Crippen molar-refractivity contribution in [3.8, 4) is 34.1 Å². The molecule has 0 radical (unpaired) electrons. The molecule has 4 aromatic rings. The van der Waals surface area contributed by atoms with Crippen molar-refractivity contribution in [2.24, 2.45) is 0 Å². The van der Waals surface area contributed by atoms with Gasteiger partial charge in [0.15, 0.2) is 5.58 Å². The number of ether oxygens (including phenoxy) is 4. The van der Waals surface area contributed by atoms with Gasteiger partial charge in [0, 0.05) is 23.1 Å². The van der Waals surface area contributed by atoms with Crippen LogP contribution in [0, 0.1) is 0 Å². The molecular formula is C27H26NO6+. The van der Waals surface area contributed by atoms with Gasteiger partial charge in [-0.1, -0.05) is 12.1 Å². The van der Waals surface area contributed by atoms with Crippen molar-refractivity contribution in [2.75, 3.05) is 28.1 Å². The molecule has 0 amide bonds. The third-order valence-electron chi connectivity index (χ3n) is 6.17. The normalized spacial score (nSPS) is 14.9. The third kappa shape index (κ3) is 4.06. The molecule has 174 valence electrons. The van der Waals surface area contributed by atoms with Gasteiger partial charge < -0.3 is 23.4 Å². The number of rotatable bonds is 6. The first-order valence-electron chi connectivity index (χ1n) is 11.0. The van der Waals surface area contributed by atoms with Crippen LogP contribution in [0.15, 0.2) is 69.9 Å². The first kappa shape index (κ1) is 21.9. The molecule has 1 aromatic heterocycles. The lowest BCUT2D eigenvalue weighted by molar-refractivity contribution is -0.945. The minimum Gasteiger partial charge on any atom is -0.497 e. The Hall–Kier alpha value is -3.97. The number of nitrogens with one attached hydrogen (secondary N) is 1. The second-order valence-electron chi connectivity index (χ2n) is 8.20. The van der Waals surface area contributed by atoms with Crippen molar-refractivity contribution >= 4 is 11.0 Å². The van der Waals surface area contributed by atoms with Crippen LogP contribution in [0.2, 0.25) is 0 Å². The molecule has 0 bridgehead atoms. The molecule has 5 rings (SSSR count). The van der Waals surface area contributed by atoms with Crippen molar-refractivity contribution in [1.29, 1.82) is 0 Å². The van der Waals surface area contributed by atoms with E-state index in [0.717, 1.165) is 50.6 Å². The highest BCUT2D eigenvalue weighted by molar-refractivity contribution is 5.95. The van der Waals surface area contributed by atoms with Gasteiger partial charge in [0.05, 0.1) is 26.9 Å². The Morgan fingerprint density at radius 1 is 0.882 bits per heavy atom. The number of hydrogen-bond acceptors (Lipinski definition) is 6. The van der Waals surface area contributed by atoms with Gasteiger partial charge in [0.25, 0.3) is 0 Å². The summed E-state index contributed by atoms with van der Waals surface area (Å²) in [5.74, 6) is 3.02. The molecule has 1 atom stereocenters. The van der Waals surface area contributed by atoms with Gasteiger partial charge in [-0.15, -0.1) is 0 Å². The number of quaternary nitrogens is 1. The smallest absolute Gasteiger partial charge is 0.336 e. The van der Waals surface area contributed by atoms with Crippen LogP contribution in [0.4, 0.5) is 0 Å².